The third kappa shape index (κ3) is 2.06. The van der Waals surface area contributed by atoms with E-state index in [2.05, 4.69) is 36.1 Å². The molecule has 0 bridgehead atoms. The molecular formula is C12H17NS. The lowest BCUT2D eigenvalue weighted by atomic mass is 10.2. The van der Waals surface area contributed by atoms with Gasteiger partial charge in [-0.15, -0.1) is 11.8 Å². The van der Waals surface area contributed by atoms with E-state index in [1.165, 1.54) is 36.4 Å². The largest absolute Gasteiger partial charge is 0.361 e. The van der Waals surface area contributed by atoms with E-state index >= 15 is 0 Å². The second-order valence-electron chi connectivity index (χ2n) is 3.71. The van der Waals surface area contributed by atoms with E-state index in [9.17, 15) is 0 Å². The van der Waals surface area contributed by atoms with E-state index in [-0.39, 0.29) is 0 Å². The zero-order valence-electron chi connectivity index (χ0n) is 8.70. The Balaban J connectivity index is 1.96. The van der Waals surface area contributed by atoms with Gasteiger partial charge >= 0.3 is 0 Å². The van der Waals surface area contributed by atoms with Crippen LogP contribution in [0.5, 0.6) is 0 Å². The molecule has 2 heteroatoms. The fraction of sp³-hybridized carbons (Fsp3) is 0.500. The SMILES string of the molecule is CCCCCN1CSc2ccccc21. The predicted octanol–water partition coefficient (Wildman–Crippen LogP) is 3.75. The van der Waals surface area contributed by atoms with Crippen molar-refractivity contribution in [1.29, 1.82) is 0 Å². The van der Waals surface area contributed by atoms with Gasteiger partial charge in [-0.25, -0.2) is 0 Å². The van der Waals surface area contributed by atoms with Gasteiger partial charge in [0.1, 0.15) is 0 Å². The minimum atomic E-state index is 1.14. The molecule has 0 radical (unpaired) electrons. The van der Waals surface area contributed by atoms with Crippen molar-refractivity contribution >= 4 is 17.4 Å². The molecule has 0 aliphatic carbocycles. The summed E-state index contributed by atoms with van der Waals surface area (Å²) in [6, 6.07) is 8.72. The number of nitrogens with zero attached hydrogens (tertiary/aromatic N) is 1. The fourth-order valence-electron chi connectivity index (χ4n) is 1.80. The number of unbranched alkanes of at least 4 members (excludes halogenated alkanes) is 2. The lowest BCUT2D eigenvalue weighted by Gasteiger charge is -2.17. The predicted molar refractivity (Wildman–Crippen MR) is 64.0 cm³/mol. The Hall–Kier alpha value is -0.630. The second kappa shape index (κ2) is 4.74. The summed E-state index contributed by atoms with van der Waals surface area (Å²) in [5.74, 6) is 1.14. The molecule has 1 aromatic carbocycles. The first kappa shape index (κ1) is 9.91. The average molecular weight is 207 g/mol. The summed E-state index contributed by atoms with van der Waals surface area (Å²) in [5.41, 5.74) is 1.44. The molecule has 0 spiro atoms. The molecule has 0 saturated heterocycles. The Kier molecular flexibility index (Phi) is 3.35. The molecular weight excluding hydrogens is 190 g/mol. The zero-order chi connectivity index (χ0) is 9.80. The normalized spacial score (nSPS) is 14.5. The van der Waals surface area contributed by atoms with Crippen molar-refractivity contribution < 1.29 is 0 Å². The zero-order valence-corrected chi connectivity index (χ0v) is 9.52. The third-order valence-electron chi connectivity index (χ3n) is 2.61. The van der Waals surface area contributed by atoms with Crippen LogP contribution in [0.3, 0.4) is 0 Å². The van der Waals surface area contributed by atoms with Crippen LogP contribution in [0.4, 0.5) is 5.69 Å². The summed E-state index contributed by atoms with van der Waals surface area (Å²) in [6.07, 6.45) is 3.98. The van der Waals surface area contributed by atoms with E-state index in [1.807, 2.05) is 11.8 Å². The highest BCUT2D eigenvalue weighted by molar-refractivity contribution is 7.99. The second-order valence-corrected chi connectivity index (χ2v) is 4.70. The monoisotopic (exact) mass is 207 g/mol. The van der Waals surface area contributed by atoms with E-state index in [4.69, 9.17) is 0 Å². The summed E-state index contributed by atoms with van der Waals surface area (Å²) in [5, 5.41) is 0. The Labute approximate surface area is 90.5 Å². The number of anilines is 1. The van der Waals surface area contributed by atoms with Gasteiger partial charge < -0.3 is 4.90 Å². The maximum atomic E-state index is 2.50. The number of para-hydroxylation sites is 1. The Morgan fingerprint density at radius 1 is 1.29 bits per heavy atom. The van der Waals surface area contributed by atoms with E-state index in [0.29, 0.717) is 0 Å². The molecule has 0 unspecified atom stereocenters. The number of rotatable bonds is 4. The molecule has 0 N–H and O–H groups in total. The van der Waals surface area contributed by atoms with Crippen molar-refractivity contribution in [2.45, 2.75) is 31.1 Å². The Morgan fingerprint density at radius 2 is 2.14 bits per heavy atom. The minimum Gasteiger partial charge on any atom is -0.361 e. The van der Waals surface area contributed by atoms with Crippen molar-refractivity contribution in [2.24, 2.45) is 0 Å². The maximum Gasteiger partial charge on any atom is 0.0686 e. The number of thioether (sulfide) groups is 1. The van der Waals surface area contributed by atoms with Crippen LogP contribution in [0.25, 0.3) is 0 Å². The van der Waals surface area contributed by atoms with Crippen LogP contribution in [0.1, 0.15) is 26.2 Å². The molecule has 1 nitrogen and oxygen atoms in total. The van der Waals surface area contributed by atoms with Crippen LogP contribution < -0.4 is 4.90 Å². The standard InChI is InChI=1S/C12H17NS/c1-2-3-6-9-13-10-14-12-8-5-4-7-11(12)13/h4-5,7-8H,2-3,6,9-10H2,1H3. The van der Waals surface area contributed by atoms with Gasteiger partial charge in [0.15, 0.2) is 0 Å². The van der Waals surface area contributed by atoms with Crippen molar-refractivity contribution in [3.05, 3.63) is 24.3 Å². The third-order valence-corrected chi connectivity index (χ3v) is 3.71. The first-order chi connectivity index (χ1) is 6.92. The van der Waals surface area contributed by atoms with Crippen molar-refractivity contribution in [1.82, 2.24) is 0 Å². The van der Waals surface area contributed by atoms with Crippen molar-refractivity contribution in [3.63, 3.8) is 0 Å². The molecule has 0 atom stereocenters. The number of hydrogen-bond acceptors (Lipinski definition) is 2. The molecule has 1 heterocycles. The molecule has 1 aliphatic heterocycles. The van der Waals surface area contributed by atoms with E-state index in [1.54, 1.807) is 0 Å². The van der Waals surface area contributed by atoms with Crippen molar-refractivity contribution in [3.8, 4) is 0 Å². The van der Waals surface area contributed by atoms with Crippen LogP contribution >= 0.6 is 11.8 Å². The molecule has 0 fully saturated rings. The maximum absolute atomic E-state index is 2.50. The first-order valence-corrected chi connectivity index (χ1v) is 6.37. The van der Waals surface area contributed by atoms with Gasteiger partial charge in [0, 0.05) is 11.4 Å². The summed E-state index contributed by atoms with van der Waals surface area (Å²) in [6.45, 7) is 3.48. The molecule has 0 aromatic heterocycles. The van der Waals surface area contributed by atoms with Gasteiger partial charge in [0.25, 0.3) is 0 Å². The minimum absolute atomic E-state index is 1.14. The number of benzene rings is 1. The highest BCUT2D eigenvalue weighted by Crippen LogP contribution is 2.37. The molecule has 0 saturated carbocycles. The quantitative estimate of drug-likeness (QED) is 0.692. The topological polar surface area (TPSA) is 3.24 Å². The summed E-state index contributed by atoms with van der Waals surface area (Å²) in [4.78, 5) is 3.94. The van der Waals surface area contributed by atoms with Gasteiger partial charge in [-0.3, -0.25) is 0 Å². The molecule has 0 amide bonds. The van der Waals surface area contributed by atoms with Gasteiger partial charge in [-0.05, 0) is 18.6 Å². The van der Waals surface area contributed by atoms with Crippen LogP contribution in [-0.2, 0) is 0 Å². The molecule has 1 aromatic rings. The van der Waals surface area contributed by atoms with Crippen LogP contribution in [0.2, 0.25) is 0 Å². The average Bonchev–Trinajstić information content (AvgIpc) is 2.63. The summed E-state index contributed by atoms with van der Waals surface area (Å²) in [7, 11) is 0. The number of fused-ring (bicyclic) bond motifs is 1. The van der Waals surface area contributed by atoms with Crippen LogP contribution in [0, 0.1) is 0 Å². The molecule has 1 aliphatic rings. The van der Waals surface area contributed by atoms with Gasteiger partial charge in [-0.2, -0.15) is 0 Å². The fourth-order valence-corrected chi connectivity index (χ4v) is 2.88. The van der Waals surface area contributed by atoms with Gasteiger partial charge in [0.05, 0.1) is 11.6 Å². The van der Waals surface area contributed by atoms with E-state index in [0.717, 1.165) is 5.88 Å². The highest BCUT2D eigenvalue weighted by Gasteiger charge is 2.17. The van der Waals surface area contributed by atoms with Crippen LogP contribution in [-0.4, -0.2) is 12.4 Å². The van der Waals surface area contributed by atoms with Gasteiger partial charge in [-0.1, -0.05) is 31.9 Å². The lowest BCUT2D eigenvalue weighted by molar-refractivity contribution is 0.702. The van der Waals surface area contributed by atoms with E-state index < -0.39 is 0 Å². The van der Waals surface area contributed by atoms with Crippen molar-refractivity contribution in [2.75, 3.05) is 17.3 Å². The summed E-state index contributed by atoms with van der Waals surface area (Å²) < 4.78 is 0. The van der Waals surface area contributed by atoms with Gasteiger partial charge in [0.2, 0.25) is 0 Å². The summed E-state index contributed by atoms with van der Waals surface area (Å²) >= 11 is 1.96. The molecule has 14 heavy (non-hydrogen) atoms. The molecule has 76 valence electrons. The highest BCUT2D eigenvalue weighted by atomic mass is 32.2. The number of hydrogen-bond donors (Lipinski definition) is 0. The van der Waals surface area contributed by atoms with Crippen LogP contribution in [0.15, 0.2) is 29.2 Å². The smallest absolute Gasteiger partial charge is 0.0686 e. The first-order valence-electron chi connectivity index (χ1n) is 5.38. The Morgan fingerprint density at radius 3 is 3.00 bits per heavy atom. The Bertz CT molecular complexity index is 298. The lowest BCUT2D eigenvalue weighted by Crippen LogP contribution is -2.20. The molecule has 2 rings (SSSR count).